The Hall–Kier alpha value is -1.17. The Morgan fingerprint density at radius 1 is 1.32 bits per heavy atom. The van der Waals surface area contributed by atoms with Gasteiger partial charge in [-0.2, -0.15) is 0 Å². The van der Waals surface area contributed by atoms with Gasteiger partial charge < -0.3 is 10.6 Å². The number of nitrogens with zero attached hydrogens (tertiary/aromatic N) is 1. The second kappa shape index (κ2) is 8.46. The lowest BCUT2D eigenvalue weighted by atomic mass is 9.93. The fraction of sp³-hybridized carbons (Fsp3) is 0.500. The summed E-state index contributed by atoms with van der Waals surface area (Å²) in [5.41, 5.74) is 1.02. The molecule has 0 saturated carbocycles. The lowest BCUT2D eigenvalue weighted by Crippen LogP contribution is -2.29. The van der Waals surface area contributed by atoms with Gasteiger partial charge in [-0.05, 0) is 50.4 Å². The molecule has 2 heterocycles. The fourth-order valence-electron chi connectivity index (χ4n) is 2.76. The standard InChI is InChI=1S/C16H21N3OS.ClH/c20-15(6-5-12-7-9-17-10-8-12)18-11-16-19-13-3-1-2-4-14(13)21-16;/h1-4,12,17H,5-11H2,(H,18,20);1H. The smallest absolute Gasteiger partial charge is 0.220 e. The van der Waals surface area contributed by atoms with Crippen LogP contribution in [-0.4, -0.2) is 24.0 Å². The summed E-state index contributed by atoms with van der Waals surface area (Å²) in [4.78, 5) is 16.5. The average Bonchev–Trinajstić information content (AvgIpc) is 2.95. The predicted molar refractivity (Wildman–Crippen MR) is 93.5 cm³/mol. The molecule has 1 aromatic carbocycles. The second-order valence-corrected chi connectivity index (χ2v) is 6.70. The third kappa shape index (κ3) is 4.66. The number of thiazole rings is 1. The van der Waals surface area contributed by atoms with Crippen LogP contribution in [0.15, 0.2) is 24.3 Å². The topological polar surface area (TPSA) is 54.0 Å². The number of hydrogen-bond acceptors (Lipinski definition) is 4. The van der Waals surface area contributed by atoms with Crippen molar-refractivity contribution in [1.29, 1.82) is 0 Å². The molecule has 4 nitrogen and oxygen atoms in total. The van der Waals surface area contributed by atoms with Crippen molar-refractivity contribution in [3.05, 3.63) is 29.3 Å². The van der Waals surface area contributed by atoms with E-state index < -0.39 is 0 Å². The number of rotatable bonds is 5. The Kier molecular flexibility index (Phi) is 6.61. The summed E-state index contributed by atoms with van der Waals surface area (Å²) in [6.07, 6.45) is 4.04. The van der Waals surface area contributed by atoms with E-state index in [0.717, 1.165) is 30.0 Å². The first-order valence-electron chi connectivity index (χ1n) is 7.63. The fourth-order valence-corrected chi connectivity index (χ4v) is 3.67. The van der Waals surface area contributed by atoms with Crippen molar-refractivity contribution < 1.29 is 4.79 Å². The van der Waals surface area contributed by atoms with Crippen LogP contribution >= 0.6 is 23.7 Å². The molecule has 120 valence electrons. The van der Waals surface area contributed by atoms with Gasteiger partial charge in [0.1, 0.15) is 5.01 Å². The highest BCUT2D eigenvalue weighted by atomic mass is 35.5. The van der Waals surface area contributed by atoms with Gasteiger partial charge in [0, 0.05) is 6.42 Å². The molecule has 1 fully saturated rings. The number of para-hydroxylation sites is 1. The normalized spacial score (nSPS) is 15.5. The number of halogens is 1. The summed E-state index contributed by atoms with van der Waals surface area (Å²) in [6.45, 7) is 2.74. The predicted octanol–water partition coefficient (Wildman–Crippen LogP) is 3.11. The molecule has 0 spiro atoms. The molecule has 0 unspecified atom stereocenters. The van der Waals surface area contributed by atoms with Gasteiger partial charge in [-0.3, -0.25) is 4.79 Å². The number of benzene rings is 1. The van der Waals surface area contributed by atoms with E-state index in [-0.39, 0.29) is 18.3 Å². The highest BCUT2D eigenvalue weighted by molar-refractivity contribution is 7.18. The number of aromatic nitrogens is 1. The molecule has 0 radical (unpaired) electrons. The SMILES string of the molecule is Cl.O=C(CCC1CCNCC1)NCc1nc2ccccc2s1. The minimum Gasteiger partial charge on any atom is -0.350 e. The van der Waals surface area contributed by atoms with Crippen LogP contribution in [0.1, 0.15) is 30.7 Å². The lowest BCUT2D eigenvalue weighted by molar-refractivity contribution is -0.121. The van der Waals surface area contributed by atoms with Gasteiger partial charge in [0.15, 0.2) is 0 Å². The zero-order valence-corrected chi connectivity index (χ0v) is 14.1. The first-order valence-corrected chi connectivity index (χ1v) is 8.45. The van der Waals surface area contributed by atoms with Crippen LogP contribution in [0.3, 0.4) is 0 Å². The molecule has 0 atom stereocenters. The van der Waals surface area contributed by atoms with Crippen LogP contribution in [0, 0.1) is 5.92 Å². The Morgan fingerprint density at radius 2 is 2.09 bits per heavy atom. The molecular weight excluding hydrogens is 318 g/mol. The Labute approximate surface area is 141 Å². The summed E-state index contributed by atoms with van der Waals surface area (Å²) in [7, 11) is 0. The van der Waals surface area contributed by atoms with Crippen molar-refractivity contribution in [3.63, 3.8) is 0 Å². The van der Waals surface area contributed by atoms with Crippen molar-refractivity contribution in [3.8, 4) is 0 Å². The molecule has 0 bridgehead atoms. The maximum atomic E-state index is 11.9. The Morgan fingerprint density at radius 3 is 2.86 bits per heavy atom. The largest absolute Gasteiger partial charge is 0.350 e. The van der Waals surface area contributed by atoms with E-state index in [1.165, 1.54) is 17.5 Å². The molecule has 1 aliphatic heterocycles. The minimum absolute atomic E-state index is 0. The number of carbonyl (C=O) groups excluding carboxylic acids is 1. The monoisotopic (exact) mass is 339 g/mol. The second-order valence-electron chi connectivity index (χ2n) is 5.58. The summed E-state index contributed by atoms with van der Waals surface area (Å²) >= 11 is 1.65. The number of fused-ring (bicyclic) bond motifs is 1. The quantitative estimate of drug-likeness (QED) is 0.880. The highest BCUT2D eigenvalue weighted by Gasteiger charge is 2.14. The van der Waals surface area contributed by atoms with Gasteiger partial charge in [-0.25, -0.2) is 4.98 Å². The van der Waals surface area contributed by atoms with Gasteiger partial charge >= 0.3 is 0 Å². The number of amides is 1. The van der Waals surface area contributed by atoms with E-state index in [0.29, 0.717) is 18.9 Å². The van der Waals surface area contributed by atoms with Crippen LogP contribution in [0.2, 0.25) is 0 Å². The van der Waals surface area contributed by atoms with E-state index in [1.807, 2.05) is 18.2 Å². The molecule has 1 aromatic heterocycles. The molecular formula is C16H22ClN3OS. The number of piperidine rings is 1. The molecule has 1 amide bonds. The zero-order chi connectivity index (χ0) is 14.5. The third-order valence-electron chi connectivity index (χ3n) is 4.01. The molecule has 1 saturated heterocycles. The first kappa shape index (κ1) is 17.2. The minimum atomic E-state index is 0. The molecule has 1 aliphatic rings. The zero-order valence-electron chi connectivity index (χ0n) is 12.5. The van der Waals surface area contributed by atoms with Crippen LogP contribution in [-0.2, 0) is 11.3 Å². The molecule has 2 aromatic rings. The number of carbonyl (C=O) groups is 1. The first-order chi connectivity index (χ1) is 10.3. The summed E-state index contributed by atoms with van der Waals surface area (Å²) in [5.74, 6) is 0.854. The Balaban J connectivity index is 0.00000176. The lowest BCUT2D eigenvalue weighted by Gasteiger charge is -2.22. The maximum absolute atomic E-state index is 11.9. The van der Waals surface area contributed by atoms with E-state index in [1.54, 1.807) is 11.3 Å². The van der Waals surface area contributed by atoms with Gasteiger partial charge in [-0.15, -0.1) is 23.7 Å². The van der Waals surface area contributed by atoms with Gasteiger partial charge in [-0.1, -0.05) is 12.1 Å². The Bertz CT molecular complexity index is 577. The number of hydrogen-bond donors (Lipinski definition) is 2. The number of nitrogens with one attached hydrogen (secondary N) is 2. The highest BCUT2D eigenvalue weighted by Crippen LogP contribution is 2.21. The van der Waals surface area contributed by atoms with E-state index in [2.05, 4.69) is 21.7 Å². The molecule has 3 rings (SSSR count). The van der Waals surface area contributed by atoms with Crippen LogP contribution in [0.5, 0.6) is 0 Å². The molecule has 0 aliphatic carbocycles. The summed E-state index contributed by atoms with van der Waals surface area (Å²) < 4.78 is 1.18. The molecule has 6 heteroatoms. The maximum Gasteiger partial charge on any atom is 0.220 e. The molecule has 22 heavy (non-hydrogen) atoms. The summed E-state index contributed by atoms with van der Waals surface area (Å²) in [6, 6.07) is 8.08. The third-order valence-corrected chi connectivity index (χ3v) is 5.05. The van der Waals surface area contributed by atoms with Gasteiger partial charge in [0.2, 0.25) is 5.91 Å². The van der Waals surface area contributed by atoms with Gasteiger partial charge in [0.05, 0.1) is 16.8 Å². The van der Waals surface area contributed by atoms with Gasteiger partial charge in [0.25, 0.3) is 0 Å². The van der Waals surface area contributed by atoms with Crippen molar-refractivity contribution in [2.45, 2.75) is 32.2 Å². The van der Waals surface area contributed by atoms with Crippen LogP contribution < -0.4 is 10.6 Å². The van der Waals surface area contributed by atoms with E-state index >= 15 is 0 Å². The average molecular weight is 340 g/mol. The van der Waals surface area contributed by atoms with Crippen molar-refractivity contribution in [2.24, 2.45) is 5.92 Å². The van der Waals surface area contributed by atoms with Crippen molar-refractivity contribution in [2.75, 3.05) is 13.1 Å². The van der Waals surface area contributed by atoms with Crippen LogP contribution in [0.4, 0.5) is 0 Å². The summed E-state index contributed by atoms with van der Waals surface area (Å²) in [5, 5.41) is 7.33. The van der Waals surface area contributed by atoms with Crippen molar-refractivity contribution in [1.82, 2.24) is 15.6 Å². The molecule has 2 N–H and O–H groups in total. The van der Waals surface area contributed by atoms with E-state index in [9.17, 15) is 4.79 Å². The van der Waals surface area contributed by atoms with Crippen molar-refractivity contribution >= 4 is 39.9 Å². The van der Waals surface area contributed by atoms with Crippen LogP contribution in [0.25, 0.3) is 10.2 Å². The van der Waals surface area contributed by atoms with E-state index in [4.69, 9.17) is 0 Å².